The van der Waals surface area contributed by atoms with Crippen molar-refractivity contribution in [3.8, 4) is 0 Å². The summed E-state index contributed by atoms with van der Waals surface area (Å²) in [6.07, 6.45) is 7.17. The van der Waals surface area contributed by atoms with Crippen LogP contribution in [0, 0.1) is 0 Å². The summed E-state index contributed by atoms with van der Waals surface area (Å²) in [7, 11) is 0. The van der Waals surface area contributed by atoms with Crippen molar-refractivity contribution in [1.82, 2.24) is 5.06 Å². The number of epoxide rings is 1. The number of hydrogen-bond donors (Lipinski definition) is 1. The summed E-state index contributed by atoms with van der Waals surface area (Å²) in [4.78, 5) is 11.8. The molecule has 6 heteroatoms. The number of carbonyl (C=O) groups excluding carboxylic acids is 1. The fourth-order valence-corrected chi connectivity index (χ4v) is 2.51. The van der Waals surface area contributed by atoms with Gasteiger partial charge in [0.15, 0.2) is 0 Å². The number of ether oxygens (including phenoxy) is 1. The largest absolute Gasteiger partial charge is 0.373 e. The molecule has 1 saturated heterocycles. The van der Waals surface area contributed by atoms with Gasteiger partial charge in [0.25, 0.3) is 5.91 Å². The van der Waals surface area contributed by atoms with E-state index in [0.717, 1.165) is 37.4 Å². The van der Waals surface area contributed by atoms with Gasteiger partial charge in [-0.15, -0.1) is 0 Å². The van der Waals surface area contributed by atoms with Crippen molar-refractivity contribution in [3.05, 3.63) is 39.9 Å². The molecule has 0 radical (unpaired) electrons. The molecule has 0 aliphatic carbocycles. The van der Waals surface area contributed by atoms with Crippen LogP contribution in [-0.4, -0.2) is 35.4 Å². The summed E-state index contributed by atoms with van der Waals surface area (Å²) >= 11 is 11.8. The molecule has 0 bridgehead atoms. The maximum absolute atomic E-state index is 11.8. The van der Waals surface area contributed by atoms with Gasteiger partial charge in [-0.3, -0.25) is 10.0 Å². The Morgan fingerprint density at radius 1 is 1.36 bits per heavy atom. The first-order valence-corrected chi connectivity index (χ1v) is 8.07. The minimum absolute atomic E-state index is 0.322. The Bertz CT molecular complexity index is 544. The predicted molar refractivity (Wildman–Crippen MR) is 87.2 cm³/mol. The molecule has 1 fully saturated rings. The highest BCUT2D eigenvalue weighted by molar-refractivity contribution is 6.35. The van der Waals surface area contributed by atoms with Gasteiger partial charge in [0, 0.05) is 22.7 Å². The Balaban J connectivity index is 1.71. The van der Waals surface area contributed by atoms with E-state index in [9.17, 15) is 10.0 Å². The first-order valence-electron chi connectivity index (χ1n) is 7.31. The average Bonchev–Trinajstić information content (AvgIpc) is 3.29. The molecule has 0 spiro atoms. The SMILES string of the molecule is O=C(/C=C/c1ccc(Cl)cc1Cl)N(O)CCCCCC1CO1. The van der Waals surface area contributed by atoms with E-state index in [1.54, 1.807) is 24.3 Å². The first-order chi connectivity index (χ1) is 10.6. The van der Waals surface area contributed by atoms with E-state index < -0.39 is 5.91 Å². The van der Waals surface area contributed by atoms with Crippen molar-refractivity contribution in [3.63, 3.8) is 0 Å². The summed E-state index contributed by atoms with van der Waals surface area (Å²) in [6, 6.07) is 5.02. The molecule has 1 unspecified atom stereocenters. The van der Waals surface area contributed by atoms with Crippen LogP contribution in [0.2, 0.25) is 10.0 Å². The first kappa shape index (κ1) is 17.3. The van der Waals surface area contributed by atoms with Gasteiger partial charge in [0.2, 0.25) is 0 Å². The van der Waals surface area contributed by atoms with E-state index in [-0.39, 0.29) is 0 Å². The number of rotatable bonds is 8. The fraction of sp³-hybridized carbons (Fsp3) is 0.438. The topological polar surface area (TPSA) is 53.1 Å². The number of halogens is 2. The van der Waals surface area contributed by atoms with Gasteiger partial charge in [-0.25, -0.2) is 5.06 Å². The monoisotopic (exact) mass is 343 g/mol. The number of hydroxylamine groups is 2. The summed E-state index contributed by atoms with van der Waals surface area (Å²) in [5.41, 5.74) is 0.678. The lowest BCUT2D eigenvalue weighted by Gasteiger charge is -2.12. The molecule has 1 atom stereocenters. The predicted octanol–water partition coefficient (Wildman–Crippen LogP) is 4.18. The quantitative estimate of drug-likeness (QED) is 0.253. The van der Waals surface area contributed by atoms with Crippen LogP contribution in [0.4, 0.5) is 0 Å². The lowest BCUT2D eigenvalue weighted by atomic mass is 10.1. The molecule has 1 aliphatic rings. The van der Waals surface area contributed by atoms with Crippen LogP contribution >= 0.6 is 23.2 Å². The molecule has 22 heavy (non-hydrogen) atoms. The molecule has 0 saturated carbocycles. The molecule has 1 amide bonds. The highest BCUT2D eigenvalue weighted by Gasteiger charge is 2.21. The Morgan fingerprint density at radius 2 is 2.14 bits per heavy atom. The van der Waals surface area contributed by atoms with Gasteiger partial charge < -0.3 is 4.74 Å². The zero-order valence-electron chi connectivity index (χ0n) is 12.2. The standard InChI is InChI=1S/C16H19Cl2NO3/c17-13-7-5-12(15(18)10-13)6-8-16(20)19(21)9-3-1-2-4-14-11-22-14/h5-8,10,14,21H,1-4,9,11H2/b8-6+. The van der Waals surface area contributed by atoms with Gasteiger partial charge in [-0.2, -0.15) is 0 Å². The van der Waals surface area contributed by atoms with Crippen LogP contribution in [0.15, 0.2) is 24.3 Å². The van der Waals surface area contributed by atoms with E-state index in [2.05, 4.69) is 0 Å². The van der Waals surface area contributed by atoms with Crippen LogP contribution in [0.3, 0.4) is 0 Å². The molecular formula is C16H19Cl2NO3. The van der Waals surface area contributed by atoms with E-state index in [1.807, 2.05) is 0 Å². The fourth-order valence-electron chi connectivity index (χ4n) is 2.04. The summed E-state index contributed by atoms with van der Waals surface area (Å²) in [5.74, 6) is -0.462. The molecule has 1 heterocycles. The average molecular weight is 344 g/mol. The third-order valence-electron chi connectivity index (χ3n) is 3.42. The summed E-state index contributed by atoms with van der Waals surface area (Å²) in [5, 5.41) is 11.4. The van der Waals surface area contributed by atoms with Crippen molar-refractivity contribution in [1.29, 1.82) is 0 Å². The van der Waals surface area contributed by atoms with E-state index in [4.69, 9.17) is 27.9 Å². The minimum Gasteiger partial charge on any atom is -0.373 e. The lowest BCUT2D eigenvalue weighted by molar-refractivity contribution is -0.159. The molecule has 0 aromatic heterocycles. The van der Waals surface area contributed by atoms with Crippen LogP contribution in [-0.2, 0) is 9.53 Å². The Morgan fingerprint density at radius 3 is 2.82 bits per heavy atom. The maximum atomic E-state index is 11.8. The number of carbonyl (C=O) groups is 1. The van der Waals surface area contributed by atoms with Crippen molar-refractivity contribution < 1.29 is 14.7 Å². The summed E-state index contributed by atoms with van der Waals surface area (Å²) in [6.45, 7) is 1.20. The number of unbranched alkanes of at least 4 members (excludes halogenated alkanes) is 2. The molecular weight excluding hydrogens is 325 g/mol. The van der Waals surface area contributed by atoms with Crippen LogP contribution in [0.1, 0.15) is 31.2 Å². The van der Waals surface area contributed by atoms with Crippen LogP contribution in [0.25, 0.3) is 6.08 Å². The zero-order valence-corrected chi connectivity index (χ0v) is 13.7. The third-order valence-corrected chi connectivity index (χ3v) is 3.98. The number of hydrogen-bond acceptors (Lipinski definition) is 3. The van der Waals surface area contributed by atoms with E-state index in [1.165, 1.54) is 6.08 Å². The van der Waals surface area contributed by atoms with Crippen molar-refractivity contribution in [2.75, 3.05) is 13.2 Å². The lowest BCUT2D eigenvalue weighted by Crippen LogP contribution is -2.26. The Kier molecular flexibility index (Phi) is 6.70. The number of amides is 1. The minimum atomic E-state index is -0.462. The van der Waals surface area contributed by atoms with Crippen molar-refractivity contribution >= 4 is 35.2 Å². The van der Waals surface area contributed by atoms with Crippen molar-refractivity contribution in [2.45, 2.75) is 31.8 Å². The number of benzene rings is 1. The second-order valence-electron chi connectivity index (χ2n) is 5.27. The Labute approximate surface area is 140 Å². The normalized spacial score (nSPS) is 17.0. The van der Waals surface area contributed by atoms with E-state index >= 15 is 0 Å². The summed E-state index contributed by atoms with van der Waals surface area (Å²) < 4.78 is 5.12. The van der Waals surface area contributed by atoms with Gasteiger partial charge in [-0.1, -0.05) is 42.1 Å². The smallest absolute Gasteiger partial charge is 0.269 e. The molecule has 120 valence electrons. The molecule has 1 N–H and O–H groups in total. The second-order valence-corrected chi connectivity index (χ2v) is 6.11. The van der Waals surface area contributed by atoms with Crippen LogP contribution in [0.5, 0.6) is 0 Å². The van der Waals surface area contributed by atoms with E-state index in [0.29, 0.717) is 28.3 Å². The molecule has 2 rings (SSSR count). The Hall–Kier alpha value is -1.07. The third kappa shape index (κ3) is 5.97. The molecule has 1 aliphatic heterocycles. The maximum Gasteiger partial charge on any atom is 0.269 e. The van der Waals surface area contributed by atoms with Crippen LogP contribution < -0.4 is 0 Å². The number of nitrogens with zero attached hydrogens (tertiary/aromatic N) is 1. The van der Waals surface area contributed by atoms with Gasteiger partial charge in [0.1, 0.15) is 0 Å². The molecule has 4 nitrogen and oxygen atoms in total. The second kappa shape index (κ2) is 8.53. The van der Waals surface area contributed by atoms with Gasteiger partial charge in [0.05, 0.1) is 12.7 Å². The zero-order chi connectivity index (χ0) is 15.9. The van der Waals surface area contributed by atoms with Gasteiger partial charge in [-0.05, 0) is 36.6 Å². The van der Waals surface area contributed by atoms with Crippen molar-refractivity contribution in [2.24, 2.45) is 0 Å². The highest BCUT2D eigenvalue weighted by Crippen LogP contribution is 2.22. The molecule has 1 aromatic rings. The highest BCUT2D eigenvalue weighted by atomic mass is 35.5. The molecule has 1 aromatic carbocycles. The van der Waals surface area contributed by atoms with Gasteiger partial charge >= 0.3 is 0 Å².